The molecule has 0 saturated heterocycles. The first-order chi connectivity index (χ1) is 15.9. The minimum absolute atomic E-state index is 0.00567. The zero-order valence-corrected chi connectivity index (χ0v) is 18.7. The van der Waals surface area contributed by atoms with Crippen LogP contribution in [0.25, 0.3) is 22.3 Å². The second-order valence-electron chi connectivity index (χ2n) is 7.17. The van der Waals surface area contributed by atoms with Crippen molar-refractivity contribution in [3.63, 3.8) is 0 Å². The summed E-state index contributed by atoms with van der Waals surface area (Å²) in [5.41, 5.74) is 2.77. The number of rotatable bonds is 8. The van der Waals surface area contributed by atoms with Crippen molar-refractivity contribution in [3.8, 4) is 11.3 Å². The molecular weight excluding hydrogens is 467 g/mol. The Morgan fingerprint density at radius 2 is 2.00 bits per heavy atom. The van der Waals surface area contributed by atoms with Crippen LogP contribution >= 0.6 is 11.6 Å². The summed E-state index contributed by atoms with van der Waals surface area (Å²) in [6.07, 6.45) is 5.62. The van der Waals surface area contributed by atoms with Gasteiger partial charge in [-0.1, -0.05) is 17.7 Å². The molecule has 1 atom stereocenters. The van der Waals surface area contributed by atoms with E-state index in [4.69, 9.17) is 16.2 Å². The Hall–Kier alpha value is -3.11. The molecule has 2 aromatic carbocycles. The number of carbonyl (C=O) groups excluding carboxylic acids is 1. The molecule has 0 aliphatic heterocycles. The summed E-state index contributed by atoms with van der Waals surface area (Å²) >= 11 is 4.06. The van der Waals surface area contributed by atoms with E-state index in [-0.39, 0.29) is 29.1 Å². The Morgan fingerprint density at radius 1 is 1.15 bits per heavy atom. The predicted octanol–water partition coefficient (Wildman–Crippen LogP) is 4.37. The fraction of sp³-hybridized carbons (Fsp3) is 0.130. The van der Waals surface area contributed by atoms with Crippen LogP contribution in [-0.4, -0.2) is 36.0 Å². The lowest BCUT2D eigenvalue weighted by Crippen LogP contribution is -2.18. The van der Waals surface area contributed by atoms with Gasteiger partial charge in [0.15, 0.2) is 5.78 Å². The number of nitrogens with one attached hydrogen (secondary N) is 1. The lowest BCUT2D eigenvalue weighted by Gasteiger charge is -2.11. The Kier molecular flexibility index (Phi) is 7.14. The van der Waals surface area contributed by atoms with E-state index in [1.807, 2.05) is 6.07 Å². The number of aryl methyl sites for hydroxylation is 1. The second-order valence-corrected chi connectivity index (χ2v) is 8.37. The van der Waals surface area contributed by atoms with Crippen LogP contribution in [0.2, 0.25) is 5.02 Å². The largest absolute Gasteiger partial charge is 0.294 e. The quantitative estimate of drug-likeness (QED) is 0.218. The molecule has 10 heteroatoms. The van der Waals surface area contributed by atoms with Gasteiger partial charge in [0.25, 0.3) is 0 Å². The minimum atomic E-state index is -2.13. The van der Waals surface area contributed by atoms with Crippen molar-refractivity contribution in [2.75, 3.05) is 6.54 Å². The Labute approximate surface area is 196 Å². The normalized spacial score (nSPS) is 12.1. The van der Waals surface area contributed by atoms with Gasteiger partial charge in [0.2, 0.25) is 11.3 Å². The topological polar surface area (TPSA) is 105 Å². The Balaban J connectivity index is 1.65. The van der Waals surface area contributed by atoms with Crippen molar-refractivity contribution in [2.45, 2.75) is 12.8 Å². The standard InChI is InChI=1S/C23H18ClFN4O3S/c24-17-7-5-14(3-2-10-28-33(31)32)22(25)21(17)23(30)15-6-8-18-19(11-15)29-20(13-27-18)16-4-1-9-26-12-16/h1,4-9,11-13,28H,2-3,10H2,(H,31,32). The molecule has 0 saturated carbocycles. The number of nitrogens with zero attached hydrogens (tertiary/aromatic N) is 3. The zero-order valence-electron chi connectivity index (χ0n) is 17.2. The minimum Gasteiger partial charge on any atom is -0.294 e. The van der Waals surface area contributed by atoms with Crippen LogP contribution in [0.1, 0.15) is 27.9 Å². The van der Waals surface area contributed by atoms with Gasteiger partial charge in [-0.25, -0.2) is 18.3 Å². The molecule has 0 bridgehead atoms. The lowest BCUT2D eigenvalue weighted by atomic mass is 9.98. The fourth-order valence-electron chi connectivity index (χ4n) is 3.39. The number of aromatic nitrogens is 3. The Morgan fingerprint density at radius 3 is 2.76 bits per heavy atom. The van der Waals surface area contributed by atoms with Crippen LogP contribution in [-0.2, 0) is 17.7 Å². The first-order valence-corrected chi connectivity index (χ1v) is 11.5. The molecule has 0 amide bonds. The van der Waals surface area contributed by atoms with E-state index in [1.165, 1.54) is 12.1 Å². The van der Waals surface area contributed by atoms with E-state index in [9.17, 15) is 9.00 Å². The zero-order chi connectivity index (χ0) is 23.4. The molecule has 2 aromatic heterocycles. The molecular formula is C23H18ClFN4O3S. The smallest absolute Gasteiger partial charge is 0.231 e. The third-order valence-electron chi connectivity index (χ3n) is 5.01. The van der Waals surface area contributed by atoms with E-state index in [2.05, 4.69) is 19.7 Å². The number of fused-ring (bicyclic) bond motifs is 1. The van der Waals surface area contributed by atoms with Gasteiger partial charge in [0.1, 0.15) is 5.82 Å². The SMILES string of the molecule is O=C(c1ccc2ncc(-c3cccnc3)nc2c1)c1c(Cl)ccc(CCCNS(=O)O)c1F. The molecule has 0 fully saturated rings. The fourth-order valence-corrected chi connectivity index (χ4v) is 3.94. The van der Waals surface area contributed by atoms with Crippen molar-refractivity contribution < 1.29 is 17.9 Å². The highest BCUT2D eigenvalue weighted by Gasteiger charge is 2.21. The molecule has 33 heavy (non-hydrogen) atoms. The van der Waals surface area contributed by atoms with Gasteiger partial charge in [-0.3, -0.25) is 19.3 Å². The summed E-state index contributed by atoms with van der Waals surface area (Å²) in [6, 6.07) is 11.4. The maximum atomic E-state index is 15.2. The second kappa shape index (κ2) is 10.2. The van der Waals surface area contributed by atoms with Gasteiger partial charge < -0.3 is 0 Å². The summed E-state index contributed by atoms with van der Waals surface area (Å²) in [5, 5.41) is 0.00567. The van der Waals surface area contributed by atoms with E-state index >= 15 is 4.39 Å². The number of halogens is 2. The van der Waals surface area contributed by atoms with E-state index in [0.29, 0.717) is 28.7 Å². The highest BCUT2D eigenvalue weighted by atomic mass is 35.5. The molecule has 168 valence electrons. The first-order valence-electron chi connectivity index (χ1n) is 9.97. The summed E-state index contributed by atoms with van der Waals surface area (Å²) in [4.78, 5) is 26.2. The van der Waals surface area contributed by atoms with Crippen LogP contribution in [0.5, 0.6) is 0 Å². The number of ketones is 1. The maximum absolute atomic E-state index is 15.2. The average Bonchev–Trinajstić information content (AvgIpc) is 2.82. The molecule has 7 nitrogen and oxygen atoms in total. The van der Waals surface area contributed by atoms with E-state index < -0.39 is 22.9 Å². The van der Waals surface area contributed by atoms with Crippen molar-refractivity contribution >= 4 is 39.7 Å². The van der Waals surface area contributed by atoms with Crippen LogP contribution in [0.3, 0.4) is 0 Å². The lowest BCUT2D eigenvalue weighted by molar-refractivity contribution is 0.103. The number of benzene rings is 2. The molecule has 4 aromatic rings. The maximum Gasteiger partial charge on any atom is 0.231 e. The van der Waals surface area contributed by atoms with Crippen LogP contribution in [0, 0.1) is 5.82 Å². The van der Waals surface area contributed by atoms with Crippen molar-refractivity contribution in [1.29, 1.82) is 0 Å². The number of carbonyl (C=O) groups is 1. The monoisotopic (exact) mass is 484 g/mol. The summed E-state index contributed by atoms with van der Waals surface area (Å²) in [5.74, 6) is -1.27. The van der Waals surface area contributed by atoms with Crippen molar-refractivity contribution in [2.24, 2.45) is 0 Å². The number of hydrogen-bond donors (Lipinski definition) is 2. The van der Waals surface area contributed by atoms with Crippen LogP contribution in [0.4, 0.5) is 4.39 Å². The third-order valence-corrected chi connectivity index (χ3v) is 5.77. The molecule has 4 rings (SSSR count). The molecule has 1 unspecified atom stereocenters. The average molecular weight is 485 g/mol. The van der Waals surface area contributed by atoms with Gasteiger partial charge in [-0.2, -0.15) is 0 Å². The van der Waals surface area contributed by atoms with Gasteiger partial charge in [0.05, 0.1) is 33.5 Å². The molecule has 2 heterocycles. The first kappa shape index (κ1) is 23.1. The number of pyridine rings is 1. The van der Waals surface area contributed by atoms with Gasteiger partial charge in [-0.05, 0) is 54.8 Å². The molecule has 0 spiro atoms. The van der Waals surface area contributed by atoms with Crippen molar-refractivity contribution in [1.82, 2.24) is 19.7 Å². The Bertz CT molecular complexity index is 1350. The van der Waals surface area contributed by atoms with Gasteiger partial charge in [0, 0.05) is 30.1 Å². The van der Waals surface area contributed by atoms with Crippen LogP contribution in [0.15, 0.2) is 61.1 Å². The highest BCUT2D eigenvalue weighted by Crippen LogP contribution is 2.27. The molecule has 0 aliphatic carbocycles. The third kappa shape index (κ3) is 5.28. The number of hydrogen-bond acceptors (Lipinski definition) is 5. The van der Waals surface area contributed by atoms with Gasteiger partial charge >= 0.3 is 0 Å². The van der Waals surface area contributed by atoms with Gasteiger partial charge in [-0.15, -0.1) is 0 Å². The molecule has 0 radical (unpaired) electrons. The summed E-state index contributed by atoms with van der Waals surface area (Å²) < 4.78 is 36.9. The van der Waals surface area contributed by atoms with Crippen LogP contribution < -0.4 is 4.72 Å². The molecule has 2 N–H and O–H groups in total. The molecule has 0 aliphatic rings. The van der Waals surface area contributed by atoms with Crippen molar-refractivity contribution in [3.05, 3.63) is 88.6 Å². The van der Waals surface area contributed by atoms with E-state index in [1.54, 1.807) is 42.9 Å². The summed E-state index contributed by atoms with van der Waals surface area (Å²) in [7, 11) is 0. The predicted molar refractivity (Wildman–Crippen MR) is 125 cm³/mol. The highest BCUT2D eigenvalue weighted by molar-refractivity contribution is 7.77. The van der Waals surface area contributed by atoms with E-state index in [0.717, 1.165) is 5.56 Å². The summed E-state index contributed by atoms with van der Waals surface area (Å²) in [6.45, 7) is 0.219.